The zero-order chi connectivity index (χ0) is 29.5. The molecule has 3 aromatic rings. The van der Waals surface area contributed by atoms with E-state index in [-0.39, 0.29) is 29.3 Å². The first kappa shape index (κ1) is 29.5. The van der Waals surface area contributed by atoms with Gasteiger partial charge in [0, 0.05) is 33.7 Å². The van der Waals surface area contributed by atoms with Gasteiger partial charge in [0.15, 0.2) is 0 Å². The van der Waals surface area contributed by atoms with Crippen molar-refractivity contribution in [1.82, 2.24) is 0 Å². The molecule has 1 aliphatic rings. The minimum atomic E-state index is -0.752. The van der Waals surface area contributed by atoms with Crippen molar-refractivity contribution >= 4 is 63.3 Å². The van der Waals surface area contributed by atoms with Crippen LogP contribution >= 0.6 is 23.1 Å². The summed E-state index contributed by atoms with van der Waals surface area (Å²) < 4.78 is 5.24. The van der Waals surface area contributed by atoms with E-state index in [0.717, 1.165) is 29.7 Å². The molecule has 0 radical (unpaired) electrons. The average Bonchev–Trinajstić information content (AvgIpc) is 3.30. The number of amides is 2. The third kappa shape index (κ3) is 7.00. The molecule has 4 rings (SSSR count). The number of anilines is 2. The number of nitrogens with one attached hydrogen (secondary N) is 2. The Morgan fingerprint density at radius 1 is 1.15 bits per heavy atom. The summed E-state index contributed by atoms with van der Waals surface area (Å²) in [7, 11) is 0. The van der Waals surface area contributed by atoms with Crippen molar-refractivity contribution in [1.29, 1.82) is 5.26 Å². The van der Waals surface area contributed by atoms with Gasteiger partial charge in [0.25, 0.3) is 11.6 Å². The summed E-state index contributed by atoms with van der Waals surface area (Å²) in [5.41, 5.74) is 1.48. The molecule has 12 heteroatoms. The molecule has 0 fully saturated rings. The van der Waals surface area contributed by atoms with E-state index in [1.165, 1.54) is 54.3 Å². The van der Waals surface area contributed by atoms with Crippen molar-refractivity contribution in [3.05, 3.63) is 79.7 Å². The van der Waals surface area contributed by atoms with Crippen LogP contribution in [0.25, 0.3) is 6.08 Å². The number of para-hydroxylation sites is 1. The summed E-state index contributed by atoms with van der Waals surface area (Å²) in [5.74, 6) is -1.54. The fourth-order valence-corrected chi connectivity index (χ4v) is 6.63. The number of ether oxygens (including phenoxy) is 1. The normalized spacial score (nSPS) is 12.6. The monoisotopic (exact) mass is 590 g/mol. The van der Waals surface area contributed by atoms with E-state index < -0.39 is 16.8 Å². The second-order valence-corrected chi connectivity index (χ2v) is 11.2. The number of thiophene rings is 1. The second kappa shape index (κ2) is 13.3. The molecule has 41 heavy (non-hydrogen) atoms. The molecule has 1 aliphatic carbocycles. The van der Waals surface area contributed by atoms with Crippen molar-refractivity contribution < 1.29 is 24.0 Å². The van der Waals surface area contributed by atoms with Crippen LogP contribution in [0, 0.1) is 21.4 Å². The van der Waals surface area contributed by atoms with Crippen LogP contribution in [0.4, 0.5) is 16.4 Å². The number of carbonyl (C=O) groups is 3. The quantitative estimate of drug-likeness (QED) is 0.0959. The third-order valence-corrected chi connectivity index (χ3v) is 8.54. The van der Waals surface area contributed by atoms with Gasteiger partial charge in [-0.25, -0.2) is 4.79 Å². The molecule has 1 heterocycles. The lowest BCUT2D eigenvalue weighted by Gasteiger charge is -2.12. The fraction of sp³-hybridized carbons (Fsp3) is 0.241. The number of nitriles is 1. The number of non-ortho nitro benzene ring substituents is 1. The second-order valence-electron chi connectivity index (χ2n) is 9.02. The lowest BCUT2D eigenvalue weighted by Crippen LogP contribution is -2.16. The first-order valence-corrected chi connectivity index (χ1v) is 14.4. The molecule has 0 atom stereocenters. The first-order valence-electron chi connectivity index (χ1n) is 12.8. The number of esters is 1. The highest BCUT2D eigenvalue weighted by Gasteiger charge is 2.28. The van der Waals surface area contributed by atoms with Gasteiger partial charge in [-0.15, -0.1) is 11.3 Å². The number of benzene rings is 2. The van der Waals surface area contributed by atoms with Crippen molar-refractivity contribution in [2.45, 2.75) is 49.3 Å². The van der Waals surface area contributed by atoms with Crippen LogP contribution in [0.3, 0.4) is 0 Å². The molecule has 0 unspecified atom stereocenters. The highest BCUT2D eigenvalue weighted by molar-refractivity contribution is 7.99. The van der Waals surface area contributed by atoms with Crippen LogP contribution in [0.1, 0.15) is 53.1 Å². The number of hydrogen-bond acceptors (Lipinski definition) is 9. The third-order valence-electron chi connectivity index (χ3n) is 6.16. The Morgan fingerprint density at radius 3 is 2.61 bits per heavy atom. The van der Waals surface area contributed by atoms with Crippen molar-refractivity contribution in [3.8, 4) is 6.07 Å². The van der Waals surface area contributed by atoms with E-state index in [1.54, 1.807) is 31.2 Å². The van der Waals surface area contributed by atoms with Gasteiger partial charge in [-0.3, -0.25) is 19.7 Å². The van der Waals surface area contributed by atoms with E-state index in [1.807, 2.05) is 6.07 Å². The maximum Gasteiger partial charge on any atom is 0.341 e. The van der Waals surface area contributed by atoms with Gasteiger partial charge >= 0.3 is 5.97 Å². The van der Waals surface area contributed by atoms with Gasteiger partial charge in [0.05, 0.1) is 22.8 Å². The SMILES string of the molecule is CCOC(=O)c1c(NC(=O)/C(C#N)=C\c2cc([N+](=O)[O-])ccc2Sc2ccccc2NC(C)=O)sc2c1CCCC2. The number of rotatable bonds is 9. The molecule has 0 saturated heterocycles. The number of nitrogens with zero attached hydrogens (tertiary/aromatic N) is 2. The Bertz CT molecular complexity index is 1600. The number of nitro benzene ring substituents is 1. The van der Waals surface area contributed by atoms with Crippen molar-refractivity contribution in [2.24, 2.45) is 0 Å². The molecule has 2 aromatic carbocycles. The molecular formula is C29H26N4O6S2. The predicted octanol–water partition coefficient (Wildman–Crippen LogP) is 6.37. The zero-order valence-corrected chi connectivity index (χ0v) is 23.9. The topological polar surface area (TPSA) is 151 Å². The smallest absolute Gasteiger partial charge is 0.341 e. The van der Waals surface area contributed by atoms with E-state index in [9.17, 15) is 29.8 Å². The molecule has 0 saturated carbocycles. The van der Waals surface area contributed by atoms with Crippen LogP contribution < -0.4 is 10.6 Å². The van der Waals surface area contributed by atoms with E-state index in [0.29, 0.717) is 32.5 Å². The molecule has 210 valence electrons. The van der Waals surface area contributed by atoms with Crippen LogP contribution in [0.2, 0.25) is 0 Å². The zero-order valence-electron chi connectivity index (χ0n) is 22.3. The fourth-order valence-electron chi connectivity index (χ4n) is 4.37. The molecule has 10 nitrogen and oxygen atoms in total. The number of nitro groups is 1. The lowest BCUT2D eigenvalue weighted by molar-refractivity contribution is -0.384. The molecular weight excluding hydrogens is 564 g/mol. The summed E-state index contributed by atoms with van der Waals surface area (Å²) in [6, 6.07) is 13.1. The average molecular weight is 591 g/mol. The summed E-state index contributed by atoms with van der Waals surface area (Å²) in [6.45, 7) is 3.27. The van der Waals surface area contributed by atoms with Gasteiger partial charge < -0.3 is 15.4 Å². The molecule has 0 spiro atoms. The van der Waals surface area contributed by atoms with Crippen molar-refractivity contribution in [2.75, 3.05) is 17.2 Å². The van der Waals surface area contributed by atoms with E-state index >= 15 is 0 Å². The Kier molecular flexibility index (Phi) is 9.54. The van der Waals surface area contributed by atoms with E-state index in [4.69, 9.17) is 4.74 Å². The van der Waals surface area contributed by atoms with Gasteiger partial charge in [0.1, 0.15) is 16.6 Å². The van der Waals surface area contributed by atoms with Gasteiger partial charge in [-0.2, -0.15) is 5.26 Å². The van der Waals surface area contributed by atoms with Gasteiger partial charge in [-0.1, -0.05) is 23.9 Å². The maximum atomic E-state index is 13.3. The lowest BCUT2D eigenvalue weighted by atomic mass is 9.95. The van der Waals surface area contributed by atoms with Crippen molar-refractivity contribution in [3.63, 3.8) is 0 Å². The highest BCUT2D eigenvalue weighted by Crippen LogP contribution is 2.40. The summed E-state index contributed by atoms with van der Waals surface area (Å²) in [4.78, 5) is 50.9. The van der Waals surface area contributed by atoms with Crippen LogP contribution in [0.5, 0.6) is 0 Å². The van der Waals surface area contributed by atoms with Gasteiger partial charge in [0.2, 0.25) is 5.91 Å². The minimum absolute atomic E-state index is 0.179. The summed E-state index contributed by atoms with van der Waals surface area (Å²) >= 11 is 2.52. The molecule has 0 bridgehead atoms. The first-order chi connectivity index (χ1) is 19.7. The molecule has 0 aliphatic heterocycles. The van der Waals surface area contributed by atoms with Crippen LogP contribution in [-0.4, -0.2) is 29.3 Å². The number of hydrogen-bond donors (Lipinski definition) is 2. The van der Waals surface area contributed by atoms with E-state index in [2.05, 4.69) is 10.6 Å². The number of aryl methyl sites for hydroxylation is 1. The van der Waals surface area contributed by atoms with Crippen LogP contribution in [-0.2, 0) is 27.2 Å². The minimum Gasteiger partial charge on any atom is -0.462 e. The largest absolute Gasteiger partial charge is 0.462 e. The standard InChI is InChI=1S/C29H26N4O6S2/c1-3-39-29(36)26-21-8-4-6-10-24(21)41-28(26)32-27(35)19(16-30)14-18-15-20(33(37)38)12-13-23(18)40-25-11-7-5-9-22(25)31-17(2)34/h5,7,9,11-15H,3-4,6,8,10H2,1-2H3,(H,31,34)(H,32,35)/b19-14-. The Hall–Kier alpha value is -4.47. The predicted molar refractivity (Wildman–Crippen MR) is 157 cm³/mol. The molecule has 2 amide bonds. The number of fused-ring (bicyclic) bond motifs is 1. The maximum absolute atomic E-state index is 13.3. The Morgan fingerprint density at radius 2 is 1.90 bits per heavy atom. The Balaban J connectivity index is 1.71. The summed E-state index contributed by atoms with van der Waals surface area (Å²) in [5, 5.41) is 27.2. The number of carbonyl (C=O) groups excluding carboxylic acids is 3. The molecule has 1 aromatic heterocycles. The molecule has 2 N–H and O–H groups in total. The Labute approximate surface area is 244 Å². The van der Waals surface area contributed by atoms with Gasteiger partial charge in [-0.05, 0) is 68.0 Å². The van der Waals surface area contributed by atoms with Crippen LogP contribution in [0.15, 0.2) is 57.8 Å². The highest BCUT2D eigenvalue weighted by atomic mass is 32.2. The summed E-state index contributed by atoms with van der Waals surface area (Å²) in [6.07, 6.45) is 4.67.